The van der Waals surface area contributed by atoms with Crippen LogP contribution < -0.4 is 14.4 Å². The minimum atomic E-state index is -3.84. The molecule has 0 radical (unpaired) electrons. The van der Waals surface area contributed by atoms with Gasteiger partial charge in [0.1, 0.15) is 18.3 Å². The van der Waals surface area contributed by atoms with Crippen molar-refractivity contribution in [3.05, 3.63) is 58.6 Å². The highest BCUT2D eigenvalue weighted by molar-refractivity contribution is 7.92. The summed E-state index contributed by atoms with van der Waals surface area (Å²) in [6.45, 7) is 5.65. The number of rotatable bonds is 11. The van der Waals surface area contributed by atoms with E-state index in [1.54, 1.807) is 6.92 Å². The number of anilines is 1. The first-order chi connectivity index (χ1) is 16.0. The maximum Gasteiger partial charge on any atom is 0.244 e. The second-order valence-corrected chi connectivity index (χ2v) is 10.4. The number of amides is 2. The fraction of sp³-hybridized carbons (Fsp3) is 0.417. The summed E-state index contributed by atoms with van der Waals surface area (Å²) in [6.07, 6.45) is 1.77. The summed E-state index contributed by atoms with van der Waals surface area (Å²) in [5, 5.41) is 3.02. The molecule has 8 nitrogen and oxygen atoms in total. The van der Waals surface area contributed by atoms with Gasteiger partial charge in [0.15, 0.2) is 0 Å². The van der Waals surface area contributed by atoms with Crippen molar-refractivity contribution >= 4 is 39.1 Å². The normalized spacial score (nSPS) is 12.1. The average molecular weight is 510 g/mol. The van der Waals surface area contributed by atoms with Crippen molar-refractivity contribution in [1.82, 2.24) is 10.2 Å². The van der Waals surface area contributed by atoms with Crippen LogP contribution in [-0.4, -0.2) is 57.6 Å². The summed E-state index contributed by atoms with van der Waals surface area (Å²) in [7, 11) is -2.39. The first-order valence-corrected chi connectivity index (χ1v) is 13.1. The Kier molecular flexibility index (Phi) is 9.76. The number of nitrogens with one attached hydrogen (secondary N) is 1. The van der Waals surface area contributed by atoms with Gasteiger partial charge in [0.2, 0.25) is 21.8 Å². The van der Waals surface area contributed by atoms with Crippen molar-refractivity contribution in [1.29, 1.82) is 0 Å². The van der Waals surface area contributed by atoms with Crippen LogP contribution in [0.25, 0.3) is 0 Å². The minimum Gasteiger partial charge on any atom is -0.495 e. The number of carbonyl (C=O) groups excluding carboxylic acids is 2. The van der Waals surface area contributed by atoms with Crippen molar-refractivity contribution in [2.24, 2.45) is 0 Å². The van der Waals surface area contributed by atoms with Gasteiger partial charge in [0.25, 0.3) is 0 Å². The molecule has 0 unspecified atom stereocenters. The van der Waals surface area contributed by atoms with Crippen molar-refractivity contribution < 1.29 is 22.7 Å². The second-order valence-electron chi connectivity index (χ2n) is 8.07. The third-order valence-electron chi connectivity index (χ3n) is 5.25. The Hall–Kier alpha value is -2.78. The van der Waals surface area contributed by atoms with Crippen LogP contribution in [0.5, 0.6) is 5.75 Å². The van der Waals surface area contributed by atoms with E-state index in [2.05, 4.69) is 5.32 Å². The summed E-state index contributed by atoms with van der Waals surface area (Å²) in [4.78, 5) is 27.6. The van der Waals surface area contributed by atoms with Crippen LogP contribution in [0, 0.1) is 6.92 Å². The number of halogens is 1. The zero-order chi connectivity index (χ0) is 25.5. The molecular formula is C24H32ClN3O5S. The van der Waals surface area contributed by atoms with Crippen LogP contribution in [0.1, 0.15) is 31.4 Å². The molecule has 0 aliphatic heterocycles. The summed E-state index contributed by atoms with van der Waals surface area (Å²) in [5.41, 5.74) is 2.07. The molecular weight excluding hydrogens is 478 g/mol. The molecule has 0 spiro atoms. The molecule has 0 aliphatic carbocycles. The van der Waals surface area contributed by atoms with E-state index in [-0.39, 0.29) is 23.2 Å². The zero-order valence-electron chi connectivity index (χ0n) is 20.2. The molecule has 0 aliphatic rings. The van der Waals surface area contributed by atoms with Crippen LogP contribution in [0.2, 0.25) is 5.02 Å². The van der Waals surface area contributed by atoms with Gasteiger partial charge in [0.05, 0.1) is 24.1 Å². The van der Waals surface area contributed by atoms with E-state index in [0.717, 1.165) is 28.1 Å². The lowest BCUT2D eigenvalue weighted by Crippen LogP contribution is -2.51. The summed E-state index contributed by atoms with van der Waals surface area (Å²) in [5.74, 6) is -0.438. The van der Waals surface area contributed by atoms with E-state index in [9.17, 15) is 18.0 Å². The number of aryl methyl sites for hydroxylation is 1. The number of hydrogen-bond acceptors (Lipinski definition) is 5. The lowest BCUT2D eigenvalue weighted by molar-refractivity contribution is -0.139. The quantitative estimate of drug-likeness (QED) is 0.501. The Morgan fingerprint density at radius 3 is 2.44 bits per heavy atom. The van der Waals surface area contributed by atoms with Crippen molar-refractivity contribution in [3.63, 3.8) is 0 Å². The third kappa shape index (κ3) is 7.36. The monoisotopic (exact) mass is 509 g/mol. The number of benzene rings is 2. The molecule has 1 N–H and O–H groups in total. The number of hydrogen-bond donors (Lipinski definition) is 1. The molecule has 2 aromatic carbocycles. The van der Waals surface area contributed by atoms with Crippen LogP contribution >= 0.6 is 11.6 Å². The van der Waals surface area contributed by atoms with E-state index in [1.165, 1.54) is 30.2 Å². The summed E-state index contributed by atoms with van der Waals surface area (Å²) in [6, 6.07) is 11.3. The predicted octanol–water partition coefficient (Wildman–Crippen LogP) is 3.37. The summed E-state index contributed by atoms with van der Waals surface area (Å²) >= 11 is 6.19. The molecule has 2 amide bonds. The van der Waals surface area contributed by atoms with Gasteiger partial charge in [0, 0.05) is 13.1 Å². The smallest absolute Gasteiger partial charge is 0.244 e. The van der Waals surface area contributed by atoms with Gasteiger partial charge in [-0.15, -0.1) is 0 Å². The van der Waals surface area contributed by atoms with E-state index in [4.69, 9.17) is 16.3 Å². The molecule has 34 heavy (non-hydrogen) atoms. The van der Waals surface area contributed by atoms with Crippen LogP contribution in [0.4, 0.5) is 5.69 Å². The number of nitrogens with zero attached hydrogens (tertiary/aromatic N) is 2. The van der Waals surface area contributed by atoms with E-state index in [1.807, 2.05) is 38.1 Å². The number of ether oxygens (including phenoxy) is 1. The Bertz CT molecular complexity index is 1120. The predicted molar refractivity (Wildman–Crippen MR) is 135 cm³/mol. The molecule has 0 saturated carbocycles. The van der Waals surface area contributed by atoms with Crippen molar-refractivity contribution in [2.45, 2.75) is 39.8 Å². The van der Waals surface area contributed by atoms with Crippen LogP contribution in [-0.2, 0) is 26.2 Å². The van der Waals surface area contributed by atoms with Crippen LogP contribution in [0.15, 0.2) is 42.5 Å². The van der Waals surface area contributed by atoms with Gasteiger partial charge < -0.3 is 15.0 Å². The molecule has 0 aromatic heterocycles. The molecule has 0 saturated heterocycles. The Morgan fingerprint density at radius 2 is 1.88 bits per heavy atom. The zero-order valence-corrected chi connectivity index (χ0v) is 21.7. The fourth-order valence-corrected chi connectivity index (χ4v) is 4.50. The minimum absolute atomic E-state index is 0.155. The maximum atomic E-state index is 13.5. The highest BCUT2D eigenvalue weighted by Crippen LogP contribution is 2.30. The van der Waals surface area contributed by atoms with Crippen LogP contribution in [0.3, 0.4) is 0 Å². The number of carbonyl (C=O) groups is 2. The highest BCUT2D eigenvalue weighted by Gasteiger charge is 2.30. The number of methoxy groups -OCH3 is 1. The van der Waals surface area contributed by atoms with Gasteiger partial charge in [-0.3, -0.25) is 13.9 Å². The lowest BCUT2D eigenvalue weighted by Gasteiger charge is -2.31. The van der Waals surface area contributed by atoms with Gasteiger partial charge in [-0.05, 0) is 44.0 Å². The van der Waals surface area contributed by atoms with E-state index >= 15 is 0 Å². The molecule has 10 heteroatoms. The Labute approximate surface area is 206 Å². The topological polar surface area (TPSA) is 96.0 Å². The van der Waals surface area contributed by atoms with Gasteiger partial charge in [-0.25, -0.2) is 8.42 Å². The van der Waals surface area contributed by atoms with E-state index < -0.39 is 28.5 Å². The SMILES string of the molecule is CCCNC(=O)[C@@H](C)N(Cc1cccc(C)c1)C(=O)CN(c1ccc(OC)c(Cl)c1)S(C)(=O)=O. The first-order valence-electron chi connectivity index (χ1n) is 10.9. The fourth-order valence-electron chi connectivity index (χ4n) is 3.41. The largest absolute Gasteiger partial charge is 0.495 e. The van der Waals surface area contributed by atoms with Gasteiger partial charge >= 0.3 is 0 Å². The second kappa shape index (κ2) is 12.1. The maximum absolute atomic E-state index is 13.5. The van der Waals surface area contributed by atoms with Gasteiger partial charge in [-0.1, -0.05) is 48.4 Å². The molecule has 1 atom stereocenters. The first kappa shape index (κ1) is 27.5. The Balaban J connectivity index is 2.40. The highest BCUT2D eigenvalue weighted by atomic mass is 35.5. The molecule has 186 valence electrons. The van der Waals surface area contributed by atoms with Crippen molar-refractivity contribution in [3.8, 4) is 5.75 Å². The standard InChI is InChI=1S/C24H32ClN3O5S/c1-6-12-26-24(30)18(3)27(15-19-9-7-8-17(2)13-19)23(29)16-28(34(5,31)32)20-10-11-22(33-4)21(25)14-20/h7-11,13-14,18H,6,12,15-16H2,1-5H3,(H,26,30)/t18-/m1/s1. The van der Waals surface area contributed by atoms with Gasteiger partial charge in [-0.2, -0.15) is 0 Å². The average Bonchev–Trinajstić information content (AvgIpc) is 2.78. The lowest BCUT2D eigenvalue weighted by atomic mass is 10.1. The molecule has 0 bridgehead atoms. The summed E-state index contributed by atoms with van der Waals surface area (Å²) < 4.78 is 31.3. The van der Waals surface area contributed by atoms with E-state index in [0.29, 0.717) is 12.3 Å². The van der Waals surface area contributed by atoms with Crippen molar-refractivity contribution in [2.75, 3.05) is 30.8 Å². The third-order valence-corrected chi connectivity index (χ3v) is 6.69. The molecule has 2 aromatic rings. The Morgan fingerprint density at radius 1 is 1.18 bits per heavy atom. The molecule has 0 fully saturated rings. The number of sulfonamides is 1. The molecule has 2 rings (SSSR count). The molecule has 0 heterocycles.